The number of hydrogen-bond acceptors (Lipinski definition) is 3. The molecule has 0 aromatic heterocycles. The van der Waals surface area contributed by atoms with E-state index < -0.39 is 12.4 Å². The van der Waals surface area contributed by atoms with E-state index >= 15 is 0 Å². The molecule has 0 aromatic rings. The zero-order valence-electron chi connectivity index (χ0n) is 3.79. The minimum Gasteiger partial charge on any atom is -0.450 e. The van der Waals surface area contributed by atoms with Crippen molar-refractivity contribution >= 4 is 6.16 Å². The van der Waals surface area contributed by atoms with Crippen LogP contribution in [-0.4, -0.2) is 22.7 Å². The number of rotatable bonds is 1. The van der Waals surface area contributed by atoms with Crippen LogP contribution in [0.5, 0.6) is 0 Å². The Bertz CT molecular complexity index is 67.3. The lowest BCUT2D eigenvalue weighted by Crippen LogP contribution is -2.10. The normalized spacial score (nSPS) is 12.9. The van der Waals surface area contributed by atoms with Gasteiger partial charge in [0, 0.05) is 0 Å². The topological polar surface area (TPSA) is 66.8 Å². The number of hydrogen-bond donors (Lipinski definition) is 2. The van der Waals surface area contributed by atoms with Crippen molar-refractivity contribution in [2.45, 2.75) is 13.2 Å². The zero-order chi connectivity index (χ0) is 5.86. The van der Waals surface area contributed by atoms with Crippen LogP contribution in [0.15, 0.2) is 0 Å². The number of carboxylic acid groups (broad SMARTS) is 1. The van der Waals surface area contributed by atoms with Crippen molar-refractivity contribution in [3.05, 3.63) is 0 Å². The van der Waals surface area contributed by atoms with E-state index in [4.69, 9.17) is 10.2 Å². The van der Waals surface area contributed by atoms with Crippen LogP contribution in [0.1, 0.15) is 6.92 Å². The highest BCUT2D eigenvalue weighted by Crippen LogP contribution is 1.81. The number of ether oxygens (including phenoxy) is 1. The van der Waals surface area contributed by atoms with Crippen LogP contribution in [0.25, 0.3) is 0 Å². The largest absolute Gasteiger partial charge is 0.508 e. The van der Waals surface area contributed by atoms with Crippen LogP contribution in [-0.2, 0) is 4.74 Å². The Hall–Kier alpha value is -0.770. The predicted molar refractivity (Wildman–Crippen MR) is 20.8 cm³/mol. The van der Waals surface area contributed by atoms with E-state index in [0.29, 0.717) is 0 Å². The molecule has 0 radical (unpaired) electrons. The van der Waals surface area contributed by atoms with Gasteiger partial charge in [0.1, 0.15) is 0 Å². The smallest absolute Gasteiger partial charge is 0.450 e. The van der Waals surface area contributed by atoms with E-state index in [0.717, 1.165) is 0 Å². The monoisotopic (exact) mass is 106 g/mol. The summed E-state index contributed by atoms with van der Waals surface area (Å²) in [6.45, 7) is 1.22. The van der Waals surface area contributed by atoms with Gasteiger partial charge in [-0.1, -0.05) is 0 Å². The van der Waals surface area contributed by atoms with Crippen molar-refractivity contribution in [3.63, 3.8) is 0 Å². The SMILES string of the molecule is CC(O)OC(=O)O. The molecule has 1 atom stereocenters. The second-order valence-corrected chi connectivity index (χ2v) is 0.983. The molecule has 0 fully saturated rings. The van der Waals surface area contributed by atoms with Crippen LogP contribution in [0.4, 0.5) is 4.79 Å². The Morgan fingerprint density at radius 2 is 2.29 bits per heavy atom. The van der Waals surface area contributed by atoms with Gasteiger partial charge < -0.3 is 14.9 Å². The second kappa shape index (κ2) is 2.41. The third kappa shape index (κ3) is 5.23. The third-order valence-electron chi connectivity index (χ3n) is 0.271. The zero-order valence-corrected chi connectivity index (χ0v) is 3.79. The molecule has 0 aliphatic rings. The lowest BCUT2D eigenvalue weighted by molar-refractivity contribution is -0.0572. The van der Waals surface area contributed by atoms with Gasteiger partial charge in [0.15, 0.2) is 0 Å². The van der Waals surface area contributed by atoms with Crippen LogP contribution >= 0.6 is 0 Å². The quantitative estimate of drug-likeness (QED) is 0.365. The standard InChI is InChI=1S/C3H6O4/c1-2(4)7-3(5)6/h2,4H,1H3,(H,5,6). The van der Waals surface area contributed by atoms with Crippen molar-refractivity contribution in [1.29, 1.82) is 0 Å². The molecule has 0 saturated carbocycles. The highest BCUT2D eigenvalue weighted by molar-refractivity contribution is 5.56. The first-order valence-electron chi connectivity index (χ1n) is 1.70. The Labute approximate surface area is 40.3 Å². The van der Waals surface area contributed by atoms with Crippen LogP contribution in [0.2, 0.25) is 0 Å². The van der Waals surface area contributed by atoms with Gasteiger partial charge >= 0.3 is 6.16 Å². The lowest BCUT2D eigenvalue weighted by atomic mass is 10.8. The van der Waals surface area contributed by atoms with Gasteiger partial charge in [-0.05, 0) is 6.92 Å². The minimum atomic E-state index is -1.46. The summed E-state index contributed by atoms with van der Waals surface area (Å²) in [6.07, 6.45) is -2.69. The average Bonchev–Trinajstić information content (AvgIpc) is 1.27. The Morgan fingerprint density at radius 3 is 2.29 bits per heavy atom. The molecule has 42 valence electrons. The van der Waals surface area contributed by atoms with Crippen LogP contribution in [0, 0.1) is 0 Å². The van der Waals surface area contributed by atoms with E-state index in [-0.39, 0.29) is 0 Å². The maximum Gasteiger partial charge on any atom is 0.508 e. The fourth-order valence-corrected chi connectivity index (χ4v) is 0.146. The number of aliphatic hydroxyl groups is 1. The van der Waals surface area contributed by atoms with Crippen LogP contribution < -0.4 is 0 Å². The first-order valence-corrected chi connectivity index (χ1v) is 1.70. The van der Waals surface area contributed by atoms with Crippen molar-refractivity contribution in [2.75, 3.05) is 0 Å². The summed E-state index contributed by atoms with van der Waals surface area (Å²) in [5, 5.41) is 15.8. The van der Waals surface area contributed by atoms with Gasteiger partial charge in [-0.3, -0.25) is 0 Å². The van der Waals surface area contributed by atoms with Crippen molar-refractivity contribution in [1.82, 2.24) is 0 Å². The van der Waals surface area contributed by atoms with Crippen molar-refractivity contribution in [3.8, 4) is 0 Å². The highest BCUT2D eigenvalue weighted by Gasteiger charge is 1.98. The number of aliphatic hydroxyl groups excluding tert-OH is 1. The molecule has 0 amide bonds. The molecular formula is C3H6O4. The molecule has 0 spiro atoms. The molecule has 4 heteroatoms. The molecule has 0 aliphatic carbocycles. The Morgan fingerprint density at radius 1 is 1.86 bits per heavy atom. The average molecular weight is 106 g/mol. The maximum absolute atomic E-state index is 9.43. The first kappa shape index (κ1) is 6.23. The number of carbonyl (C=O) groups is 1. The fourth-order valence-electron chi connectivity index (χ4n) is 0.146. The van der Waals surface area contributed by atoms with E-state index in [9.17, 15) is 4.79 Å². The summed E-state index contributed by atoms with van der Waals surface area (Å²) in [5.41, 5.74) is 0. The first-order chi connectivity index (χ1) is 3.13. The predicted octanol–water partition coefficient (Wildman–Crippen LogP) is 0.0193. The summed E-state index contributed by atoms with van der Waals surface area (Å²) < 4.78 is 3.72. The maximum atomic E-state index is 9.43. The Balaban J connectivity index is 3.13. The second-order valence-electron chi connectivity index (χ2n) is 0.983. The van der Waals surface area contributed by atoms with Crippen LogP contribution in [0.3, 0.4) is 0 Å². The van der Waals surface area contributed by atoms with Crippen molar-refractivity contribution < 1.29 is 19.7 Å². The molecule has 1 unspecified atom stereocenters. The molecule has 0 rings (SSSR count). The van der Waals surface area contributed by atoms with E-state index in [2.05, 4.69) is 4.74 Å². The summed E-state index contributed by atoms with van der Waals surface area (Å²) in [4.78, 5) is 9.43. The van der Waals surface area contributed by atoms with Gasteiger partial charge in [-0.2, -0.15) is 0 Å². The molecule has 2 N–H and O–H groups in total. The molecule has 0 heterocycles. The molecule has 7 heavy (non-hydrogen) atoms. The van der Waals surface area contributed by atoms with E-state index in [1.807, 2.05) is 0 Å². The van der Waals surface area contributed by atoms with Gasteiger partial charge in [0.05, 0.1) is 0 Å². The lowest BCUT2D eigenvalue weighted by Gasteiger charge is -1.98. The Kier molecular flexibility index (Phi) is 2.15. The molecule has 4 nitrogen and oxygen atoms in total. The molecule has 0 aromatic carbocycles. The molecule has 0 saturated heterocycles. The molecule has 0 aliphatic heterocycles. The minimum absolute atomic E-state index is 1.22. The molecular weight excluding hydrogens is 100 g/mol. The fraction of sp³-hybridized carbons (Fsp3) is 0.667. The van der Waals surface area contributed by atoms with Gasteiger partial charge in [-0.15, -0.1) is 0 Å². The van der Waals surface area contributed by atoms with Gasteiger partial charge in [-0.25, -0.2) is 4.79 Å². The highest BCUT2D eigenvalue weighted by atomic mass is 16.7. The summed E-state index contributed by atoms with van der Waals surface area (Å²) in [5.74, 6) is 0. The third-order valence-corrected chi connectivity index (χ3v) is 0.271. The molecule has 0 bridgehead atoms. The summed E-state index contributed by atoms with van der Waals surface area (Å²) in [7, 11) is 0. The van der Waals surface area contributed by atoms with E-state index in [1.54, 1.807) is 0 Å². The van der Waals surface area contributed by atoms with E-state index in [1.165, 1.54) is 6.92 Å². The summed E-state index contributed by atoms with van der Waals surface area (Å²) in [6, 6.07) is 0. The van der Waals surface area contributed by atoms with Gasteiger partial charge in [0.25, 0.3) is 0 Å². The summed E-state index contributed by atoms with van der Waals surface area (Å²) >= 11 is 0. The van der Waals surface area contributed by atoms with Crippen molar-refractivity contribution in [2.24, 2.45) is 0 Å². The van der Waals surface area contributed by atoms with Gasteiger partial charge in [0.2, 0.25) is 6.29 Å².